The Labute approximate surface area is 98.0 Å². The lowest BCUT2D eigenvalue weighted by Crippen LogP contribution is -2.48. The summed E-state index contributed by atoms with van der Waals surface area (Å²) < 4.78 is 0. The van der Waals surface area contributed by atoms with Crippen molar-refractivity contribution in [1.29, 1.82) is 0 Å². The standard InChI is InChI=1S/C15H21N/c1-11-3-4-13(7-12(11)2)15(10-16)8-14(9-15)5-6-14/h3-4,7H,5-6,8-10,16H2,1-2H3. The van der Waals surface area contributed by atoms with Crippen LogP contribution in [0.15, 0.2) is 18.2 Å². The molecular formula is C15H21N. The maximum Gasteiger partial charge on any atom is 0.00862 e. The molecule has 0 aliphatic heterocycles. The Kier molecular flexibility index (Phi) is 2.00. The smallest absolute Gasteiger partial charge is 0.00862 e. The Morgan fingerprint density at radius 1 is 1.12 bits per heavy atom. The zero-order chi connectivity index (χ0) is 11.4. The minimum Gasteiger partial charge on any atom is -0.330 e. The molecule has 1 heteroatoms. The van der Waals surface area contributed by atoms with E-state index in [0.29, 0.717) is 5.41 Å². The first-order valence-electron chi connectivity index (χ1n) is 6.37. The van der Waals surface area contributed by atoms with Crippen LogP contribution >= 0.6 is 0 Å². The molecule has 1 aromatic rings. The van der Waals surface area contributed by atoms with E-state index in [2.05, 4.69) is 32.0 Å². The Morgan fingerprint density at radius 2 is 1.81 bits per heavy atom. The highest BCUT2D eigenvalue weighted by molar-refractivity contribution is 5.38. The van der Waals surface area contributed by atoms with Crippen LogP contribution in [0.2, 0.25) is 0 Å². The zero-order valence-electron chi connectivity index (χ0n) is 10.3. The van der Waals surface area contributed by atoms with Crippen molar-refractivity contribution >= 4 is 0 Å². The summed E-state index contributed by atoms with van der Waals surface area (Å²) in [7, 11) is 0. The van der Waals surface area contributed by atoms with Crippen LogP contribution in [0, 0.1) is 19.3 Å². The molecule has 2 aliphatic carbocycles. The number of benzene rings is 1. The molecule has 0 unspecified atom stereocenters. The van der Waals surface area contributed by atoms with Crippen LogP contribution < -0.4 is 5.73 Å². The molecule has 0 radical (unpaired) electrons. The maximum atomic E-state index is 6.04. The third kappa shape index (κ3) is 1.34. The highest BCUT2D eigenvalue weighted by Crippen LogP contribution is 2.68. The second-order valence-electron chi connectivity index (χ2n) is 6.14. The van der Waals surface area contributed by atoms with Crippen LogP contribution in [0.3, 0.4) is 0 Å². The van der Waals surface area contributed by atoms with Crippen molar-refractivity contribution in [1.82, 2.24) is 0 Å². The van der Waals surface area contributed by atoms with E-state index >= 15 is 0 Å². The minimum atomic E-state index is 0.314. The highest BCUT2D eigenvalue weighted by Gasteiger charge is 2.60. The van der Waals surface area contributed by atoms with Gasteiger partial charge in [-0.2, -0.15) is 0 Å². The molecule has 0 amide bonds. The molecule has 3 rings (SSSR count). The van der Waals surface area contributed by atoms with Gasteiger partial charge in [-0.15, -0.1) is 0 Å². The normalized spacial score (nSPS) is 24.2. The molecule has 0 aromatic heterocycles. The van der Waals surface area contributed by atoms with E-state index in [4.69, 9.17) is 5.73 Å². The van der Waals surface area contributed by atoms with Crippen LogP contribution in [0.1, 0.15) is 42.4 Å². The summed E-state index contributed by atoms with van der Waals surface area (Å²) in [4.78, 5) is 0. The monoisotopic (exact) mass is 215 g/mol. The molecule has 16 heavy (non-hydrogen) atoms. The van der Waals surface area contributed by atoms with Gasteiger partial charge in [0.15, 0.2) is 0 Å². The number of hydrogen-bond acceptors (Lipinski definition) is 1. The zero-order valence-corrected chi connectivity index (χ0v) is 10.3. The average Bonchev–Trinajstić information content (AvgIpc) is 2.99. The second kappa shape index (κ2) is 3.10. The molecular weight excluding hydrogens is 194 g/mol. The molecule has 2 fully saturated rings. The summed E-state index contributed by atoms with van der Waals surface area (Å²) in [5, 5.41) is 0. The van der Waals surface area contributed by atoms with Gasteiger partial charge in [-0.25, -0.2) is 0 Å². The van der Waals surface area contributed by atoms with Gasteiger partial charge in [0, 0.05) is 12.0 Å². The van der Waals surface area contributed by atoms with Crippen LogP contribution in [-0.4, -0.2) is 6.54 Å². The van der Waals surface area contributed by atoms with Crippen molar-refractivity contribution in [2.75, 3.05) is 6.54 Å². The summed E-state index contributed by atoms with van der Waals surface area (Å²) in [5.74, 6) is 0. The van der Waals surface area contributed by atoms with Gasteiger partial charge in [0.1, 0.15) is 0 Å². The van der Waals surface area contributed by atoms with E-state index in [-0.39, 0.29) is 0 Å². The number of hydrogen-bond donors (Lipinski definition) is 1. The maximum absolute atomic E-state index is 6.04. The molecule has 0 saturated heterocycles. The predicted octanol–water partition coefficient (Wildman–Crippen LogP) is 3.07. The predicted molar refractivity (Wildman–Crippen MR) is 67.5 cm³/mol. The van der Waals surface area contributed by atoms with E-state index in [9.17, 15) is 0 Å². The van der Waals surface area contributed by atoms with E-state index in [0.717, 1.165) is 12.0 Å². The molecule has 0 heterocycles. The van der Waals surface area contributed by atoms with Gasteiger partial charge in [-0.3, -0.25) is 0 Å². The molecule has 86 valence electrons. The van der Waals surface area contributed by atoms with Crippen molar-refractivity contribution < 1.29 is 0 Å². The third-order valence-electron chi connectivity index (χ3n) is 4.89. The van der Waals surface area contributed by atoms with Crippen molar-refractivity contribution in [3.63, 3.8) is 0 Å². The molecule has 2 saturated carbocycles. The lowest BCUT2D eigenvalue weighted by molar-refractivity contribution is 0.126. The van der Waals surface area contributed by atoms with E-state index in [1.54, 1.807) is 0 Å². The Bertz CT molecular complexity index is 421. The fraction of sp³-hybridized carbons (Fsp3) is 0.600. The van der Waals surface area contributed by atoms with Gasteiger partial charge in [0.2, 0.25) is 0 Å². The first-order chi connectivity index (χ1) is 7.59. The van der Waals surface area contributed by atoms with Gasteiger partial charge < -0.3 is 5.73 Å². The van der Waals surface area contributed by atoms with Crippen LogP contribution in [0.4, 0.5) is 0 Å². The molecule has 1 aromatic carbocycles. The summed E-state index contributed by atoms with van der Waals surface area (Å²) in [5.41, 5.74) is 11.3. The molecule has 2 aliphatic rings. The molecule has 1 spiro atoms. The molecule has 1 nitrogen and oxygen atoms in total. The number of rotatable bonds is 2. The fourth-order valence-electron chi connectivity index (χ4n) is 3.45. The molecule has 2 N–H and O–H groups in total. The fourth-order valence-corrected chi connectivity index (χ4v) is 3.45. The van der Waals surface area contributed by atoms with Gasteiger partial charge >= 0.3 is 0 Å². The van der Waals surface area contributed by atoms with Crippen LogP contribution in [0.5, 0.6) is 0 Å². The number of aryl methyl sites for hydroxylation is 2. The van der Waals surface area contributed by atoms with Gasteiger partial charge in [0.05, 0.1) is 0 Å². The molecule has 0 atom stereocenters. The second-order valence-corrected chi connectivity index (χ2v) is 6.14. The Hall–Kier alpha value is -0.820. The SMILES string of the molecule is Cc1ccc(C2(CN)CC3(CC3)C2)cc1C. The highest BCUT2D eigenvalue weighted by atomic mass is 14.7. The van der Waals surface area contributed by atoms with Gasteiger partial charge in [0.25, 0.3) is 0 Å². The van der Waals surface area contributed by atoms with E-state index in [1.807, 2.05) is 0 Å². The average molecular weight is 215 g/mol. The quantitative estimate of drug-likeness (QED) is 0.806. The molecule has 0 bridgehead atoms. The van der Waals surface area contributed by atoms with Gasteiger partial charge in [-0.05, 0) is 61.6 Å². The summed E-state index contributed by atoms with van der Waals surface area (Å²) in [6, 6.07) is 6.90. The topological polar surface area (TPSA) is 26.0 Å². The first kappa shape index (κ1) is 10.3. The van der Waals surface area contributed by atoms with E-state index in [1.165, 1.54) is 42.4 Å². The van der Waals surface area contributed by atoms with Crippen molar-refractivity contribution in [3.8, 4) is 0 Å². The van der Waals surface area contributed by atoms with Crippen molar-refractivity contribution in [2.45, 2.75) is 44.9 Å². The van der Waals surface area contributed by atoms with Gasteiger partial charge in [-0.1, -0.05) is 18.2 Å². The largest absolute Gasteiger partial charge is 0.330 e. The number of nitrogens with two attached hydrogens (primary N) is 1. The van der Waals surface area contributed by atoms with Crippen molar-refractivity contribution in [2.24, 2.45) is 11.1 Å². The summed E-state index contributed by atoms with van der Waals surface area (Å²) in [6.45, 7) is 5.20. The summed E-state index contributed by atoms with van der Waals surface area (Å²) >= 11 is 0. The lowest BCUT2D eigenvalue weighted by atomic mass is 9.56. The Morgan fingerprint density at radius 3 is 2.31 bits per heavy atom. The lowest BCUT2D eigenvalue weighted by Gasteiger charge is -2.49. The van der Waals surface area contributed by atoms with E-state index < -0.39 is 0 Å². The first-order valence-corrected chi connectivity index (χ1v) is 6.37. The minimum absolute atomic E-state index is 0.314. The van der Waals surface area contributed by atoms with Crippen LogP contribution in [-0.2, 0) is 5.41 Å². The Balaban J connectivity index is 1.92. The van der Waals surface area contributed by atoms with Crippen molar-refractivity contribution in [3.05, 3.63) is 34.9 Å². The third-order valence-corrected chi connectivity index (χ3v) is 4.89. The summed E-state index contributed by atoms with van der Waals surface area (Å²) in [6.07, 6.45) is 5.55. The van der Waals surface area contributed by atoms with Crippen LogP contribution in [0.25, 0.3) is 0 Å².